The van der Waals surface area contributed by atoms with Crippen LogP contribution in [-0.2, 0) is 14.4 Å². The smallest absolute Gasteiger partial charge is 0.243 e. The fourth-order valence-electron chi connectivity index (χ4n) is 3.39. The Hall–Kier alpha value is -3.68. The molecule has 0 aliphatic carbocycles. The van der Waals surface area contributed by atoms with E-state index in [2.05, 4.69) is 10.4 Å². The Labute approximate surface area is 187 Å². The molecule has 8 nitrogen and oxygen atoms in total. The maximum atomic E-state index is 13.0. The van der Waals surface area contributed by atoms with Gasteiger partial charge in [-0.1, -0.05) is 42.5 Å². The van der Waals surface area contributed by atoms with E-state index in [4.69, 9.17) is 4.74 Å². The van der Waals surface area contributed by atoms with Crippen LogP contribution in [0.2, 0.25) is 0 Å². The summed E-state index contributed by atoms with van der Waals surface area (Å²) in [4.78, 5) is 38.1. The van der Waals surface area contributed by atoms with E-state index in [0.29, 0.717) is 6.42 Å². The molecule has 8 heteroatoms. The molecule has 1 aliphatic rings. The number of hydrazone groups is 1. The second kappa shape index (κ2) is 10.6. The Morgan fingerprint density at radius 2 is 1.75 bits per heavy atom. The normalized spacial score (nSPS) is 15.2. The first-order valence-electron chi connectivity index (χ1n) is 10.4. The number of hydrogen-bond donors (Lipinski definition) is 1. The van der Waals surface area contributed by atoms with Gasteiger partial charge >= 0.3 is 0 Å². The highest BCUT2D eigenvalue weighted by molar-refractivity contribution is 6.03. The first-order valence-corrected chi connectivity index (χ1v) is 10.4. The fourth-order valence-corrected chi connectivity index (χ4v) is 3.39. The van der Waals surface area contributed by atoms with Crippen molar-refractivity contribution in [3.63, 3.8) is 0 Å². The van der Waals surface area contributed by atoms with Crippen molar-refractivity contribution in [1.29, 1.82) is 0 Å². The topological polar surface area (TPSA) is 91.3 Å². The van der Waals surface area contributed by atoms with Crippen LogP contribution in [0.15, 0.2) is 59.7 Å². The van der Waals surface area contributed by atoms with Crippen molar-refractivity contribution in [3.8, 4) is 5.75 Å². The lowest BCUT2D eigenvalue weighted by Crippen LogP contribution is -2.36. The van der Waals surface area contributed by atoms with E-state index in [1.165, 1.54) is 9.91 Å². The van der Waals surface area contributed by atoms with Crippen LogP contribution in [0.3, 0.4) is 0 Å². The van der Waals surface area contributed by atoms with Gasteiger partial charge in [-0.15, -0.1) is 0 Å². The van der Waals surface area contributed by atoms with Gasteiger partial charge < -0.3 is 15.0 Å². The number of carbonyl (C=O) groups is 3. The van der Waals surface area contributed by atoms with Crippen LogP contribution in [0.1, 0.15) is 36.4 Å². The van der Waals surface area contributed by atoms with E-state index in [9.17, 15) is 14.4 Å². The minimum atomic E-state index is -0.346. The second-order valence-corrected chi connectivity index (χ2v) is 7.71. The molecule has 2 aromatic carbocycles. The lowest BCUT2D eigenvalue weighted by molar-refractivity contribution is -0.135. The van der Waals surface area contributed by atoms with Gasteiger partial charge in [0.25, 0.3) is 0 Å². The maximum Gasteiger partial charge on any atom is 0.243 e. The summed E-state index contributed by atoms with van der Waals surface area (Å²) in [7, 11) is 4.84. The van der Waals surface area contributed by atoms with Crippen molar-refractivity contribution in [2.24, 2.45) is 5.10 Å². The third-order valence-corrected chi connectivity index (χ3v) is 5.27. The van der Waals surface area contributed by atoms with Crippen molar-refractivity contribution in [3.05, 3.63) is 65.7 Å². The molecule has 168 valence electrons. The third-order valence-electron chi connectivity index (χ3n) is 5.27. The van der Waals surface area contributed by atoms with Crippen molar-refractivity contribution in [1.82, 2.24) is 15.2 Å². The molecule has 0 aromatic heterocycles. The molecular formula is C24H28N4O4. The van der Waals surface area contributed by atoms with Gasteiger partial charge in [0.05, 0.1) is 25.4 Å². The highest BCUT2D eigenvalue weighted by atomic mass is 16.5. The minimum absolute atomic E-state index is 0.000211. The van der Waals surface area contributed by atoms with Crippen molar-refractivity contribution < 1.29 is 19.1 Å². The van der Waals surface area contributed by atoms with Crippen molar-refractivity contribution in [2.75, 3.05) is 27.7 Å². The number of carbonyl (C=O) groups excluding carboxylic acids is 3. The Morgan fingerprint density at radius 3 is 2.38 bits per heavy atom. The third kappa shape index (κ3) is 5.72. The van der Waals surface area contributed by atoms with Crippen LogP contribution in [0, 0.1) is 0 Å². The lowest BCUT2D eigenvalue weighted by Gasteiger charge is -2.22. The Bertz CT molecular complexity index is 987. The van der Waals surface area contributed by atoms with Crippen LogP contribution < -0.4 is 10.1 Å². The van der Waals surface area contributed by atoms with Crippen LogP contribution in [-0.4, -0.2) is 61.1 Å². The first kappa shape index (κ1) is 23.0. The summed E-state index contributed by atoms with van der Waals surface area (Å²) in [6.45, 7) is -0.0888. The highest BCUT2D eigenvalue weighted by Crippen LogP contribution is 2.34. The molecule has 32 heavy (non-hydrogen) atoms. The van der Waals surface area contributed by atoms with E-state index in [1.54, 1.807) is 21.2 Å². The van der Waals surface area contributed by atoms with Gasteiger partial charge in [-0.2, -0.15) is 5.10 Å². The van der Waals surface area contributed by atoms with Gasteiger partial charge in [-0.3, -0.25) is 14.4 Å². The largest absolute Gasteiger partial charge is 0.497 e. The summed E-state index contributed by atoms with van der Waals surface area (Å²) < 4.78 is 5.24. The number of benzene rings is 2. The number of nitrogens with zero attached hydrogens (tertiary/aromatic N) is 3. The van der Waals surface area contributed by atoms with E-state index < -0.39 is 0 Å². The van der Waals surface area contributed by atoms with Gasteiger partial charge in [0.15, 0.2) is 0 Å². The predicted octanol–water partition coefficient (Wildman–Crippen LogP) is 2.36. The molecule has 0 fully saturated rings. The van der Waals surface area contributed by atoms with Gasteiger partial charge in [-0.25, -0.2) is 5.01 Å². The van der Waals surface area contributed by atoms with Gasteiger partial charge in [0, 0.05) is 33.4 Å². The molecule has 3 amide bonds. The van der Waals surface area contributed by atoms with Crippen LogP contribution in [0.25, 0.3) is 0 Å². The zero-order valence-electron chi connectivity index (χ0n) is 18.6. The van der Waals surface area contributed by atoms with E-state index in [0.717, 1.165) is 22.6 Å². The average Bonchev–Trinajstić information content (AvgIpc) is 3.27. The molecule has 0 spiro atoms. The van der Waals surface area contributed by atoms with E-state index in [1.807, 2.05) is 54.6 Å². The number of methoxy groups -OCH3 is 1. The highest BCUT2D eigenvalue weighted by Gasteiger charge is 2.33. The molecule has 0 saturated carbocycles. The molecular weight excluding hydrogens is 408 g/mol. The first-order chi connectivity index (χ1) is 15.4. The molecule has 0 saturated heterocycles. The maximum absolute atomic E-state index is 13.0. The zero-order chi connectivity index (χ0) is 23.1. The molecule has 1 N–H and O–H groups in total. The van der Waals surface area contributed by atoms with Crippen molar-refractivity contribution >= 4 is 23.4 Å². The summed E-state index contributed by atoms with van der Waals surface area (Å²) in [5.41, 5.74) is 2.72. The van der Waals surface area contributed by atoms with Gasteiger partial charge in [0.2, 0.25) is 17.7 Å². The number of rotatable bonds is 8. The number of likely N-dealkylation sites (N-methyl/N-ethyl adjacent to an activating group) is 1. The summed E-state index contributed by atoms with van der Waals surface area (Å²) in [6.07, 6.45) is 0.563. The zero-order valence-corrected chi connectivity index (χ0v) is 18.6. The fraction of sp³-hybridized carbons (Fsp3) is 0.333. The van der Waals surface area contributed by atoms with E-state index in [-0.39, 0.29) is 43.1 Å². The number of amides is 3. The number of nitrogens with one attached hydrogen (secondary N) is 1. The number of hydrogen-bond acceptors (Lipinski definition) is 5. The monoisotopic (exact) mass is 436 g/mol. The van der Waals surface area contributed by atoms with E-state index >= 15 is 0 Å². The minimum Gasteiger partial charge on any atom is -0.497 e. The summed E-state index contributed by atoms with van der Waals surface area (Å²) >= 11 is 0. The molecule has 2 aromatic rings. The predicted molar refractivity (Wildman–Crippen MR) is 121 cm³/mol. The van der Waals surface area contributed by atoms with Crippen molar-refractivity contribution in [2.45, 2.75) is 25.3 Å². The standard InChI is InChI=1S/C24H28N4O4/c1-27(2)24(31)16-25-22(29)13-14-23(30)28-21(18-9-11-19(32-3)12-10-18)15-20(26-28)17-7-5-4-6-8-17/h4-12,21H,13-16H2,1-3H3,(H,25,29). The van der Waals surface area contributed by atoms with Gasteiger partial charge in [-0.05, 0) is 23.3 Å². The Balaban J connectivity index is 1.71. The van der Waals surface area contributed by atoms with Crippen LogP contribution in [0.5, 0.6) is 5.75 Å². The summed E-state index contributed by atoms with van der Waals surface area (Å²) in [5.74, 6) is -0.0644. The van der Waals surface area contributed by atoms with Crippen LogP contribution in [0.4, 0.5) is 0 Å². The molecule has 3 rings (SSSR count). The van der Waals surface area contributed by atoms with Crippen LogP contribution >= 0.6 is 0 Å². The average molecular weight is 437 g/mol. The summed E-state index contributed by atoms with van der Waals surface area (Å²) in [5, 5.41) is 8.63. The second-order valence-electron chi connectivity index (χ2n) is 7.71. The molecule has 1 heterocycles. The lowest BCUT2D eigenvalue weighted by atomic mass is 9.98. The molecule has 1 unspecified atom stereocenters. The molecule has 1 aliphatic heterocycles. The molecule has 0 bridgehead atoms. The Kier molecular flexibility index (Phi) is 7.59. The molecule has 1 atom stereocenters. The SMILES string of the molecule is COc1ccc(C2CC(c3ccccc3)=NN2C(=O)CCC(=O)NCC(=O)N(C)C)cc1. The number of ether oxygens (including phenoxy) is 1. The molecule has 0 radical (unpaired) electrons. The quantitative estimate of drug-likeness (QED) is 0.688. The summed E-state index contributed by atoms with van der Waals surface area (Å²) in [6, 6.07) is 17.0. The van der Waals surface area contributed by atoms with Gasteiger partial charge in [0.1, 0.15) is 5.75 Å². The Morgan fingerprint density at radius 1 is 1.06 bits per heavy atom.